The standard InChI is InChI=1S/C15H22N2OS/c1-11-9-12(15(16)19)5-6-13(11)10-17(7-8-18)14-3-2-4-14/h5-6,9,14,18H,2-4,7-8,10H2,1H3,(H2,16,19). The number of aliphatic hydroxyl groups is 1. The zero-order valence-electron chi connectivity index (χ0n) is 11.4. The Hall–Kier alpha value is -0.970. The van der Waals surface area contributed by atoms with Gasteiger partial charge in [-0.15, -0.1) is 0 Å². The third kappa shape index (κ3) is 3.53. The van der Waals surface area contributed by atoms with Crippen LogP contribution in [0.2, 0.25) is 0 Å². The van der Waals surface area contributed by atoms with Gasteiger partial charge in [-0.1, -0.05) is 30.8 Å². The van der Waals surface area contributed by atoms with E-state index in [9.17, 15) is 5.11 Å². The second-order valence-corrected chi connectivity index (χ2v) is 5.72. The van der Waals surface area contributed by atoms with Crippen LogP contribution in [0, 0.1) is 6.92 Å². The van der Waals surface area contributed by atoms with Crippen LogP contribution in [0.1, 0.15) is 36.0 Å². The van der Waals surface area contributed by atoms with Crippen LogP contribution in [0.15, 0.2) is 18.2 Å². The molecule has 0 radical (unpaired) electrons. The van der Waals surface area contributed by atoms with Gasteiger partial charge in [0, 0.05) is 24.7 Å². The van der Waals surface area contributed by atoms with Crippen molar-refractivity contribution >= 4 is 17.2 Å². The molecule has 0 saturated heterocycles. The molecule has 0 unspecified atom stereocenters. The molecule has 1 aliphatic rings. The summed E-state index contributed by atoms with van der Waals surface area (Å²) in [6.07, 6.45) is 3.82. The summed E-state index contributed by atoms with van der Waals surface area (Å²) >= 11 is 5.00. The fraction of sp³-hybridized carbons (Fsp3) is 0.533. The summed E-state index contributed by atoms with van der Waals surface area (Å²) in [5.74, 6) is 0. The lowest BCUT2D eigenvalue weighted by atomic mass is 9.91. The highest BCUT2D eigenvalue weighted by Crippen LogP contribution is 2.26. The fourth-order valence-electron chi connectivity index (χ4n) is 2.52. The third-order valence-electron chi connectivity index (χ3n) is 3.98. The van der Waals surface area contributed by atoms with Crippen molar-refractivity contribution in [2.75, 3.05) is 13.2 Å². The highest BCUT2D eigenvalue weighted by atomic mass is 32.1. The Balaban J connectivity index is 2.09. The smallest absolute Gasteiger partial charge is 0.103 e. The van der Waals surface area contributed by atoms with Gasteiger partial charge >= 0.3 is 0 Å². The Bertz CT molecular complexity index is 457. The van der Waals surface area contributed by atoms with Gasteiger partial charge in [-0.05, 0) is 37.0 Å². The third-order valence-corrected chi connectivity index (χ3v) is 4.21. The molecule has 1 aliphatic carbocycles. The lowest BCUT2D eigenvalue weighted by Crippen LogP contribution is -2.41. The van der Waals surface area contributed by atoms with Gasteiger partial charge in [-0.3, -0.25) is 4.90 Å². The largest absolute Gasteiger partial charge is 0.395 e. The number of thiocarbonyl (C=S) groups is 1. The Labute approximate surface area is 120 Å². The Morgan fingerprint density at radius 2 is 2.21 bits per heavy atom. The molecule has 19 heavy (non-hydrogen) atoms. The minimum Gasteiger partial charge on any atom is -0.395 e. The van der Waals surface area contributed by atoms with E-state index in [1.165, 1.54) is 30.4 Å². The molecule has 104 valence electrons. The molecule has 1 aromatic carbocycles. The molecule has 0 spiro atoms. The molecular formula is C15H22N2OS. The summed E-state index contributed by atoms with van der Waals surface area (Å²) in [5.41, 5.74) is 9.08. The predicted octanol–water partition coefficient (Wildman–Crippen LogP) is 1.98. The molecule has 1 saturated carbocycles. The first kappa shape index (κ1) is 14.4. The van der Waals surface area contributed by atoms with E-state index >= 15 is 0 Å². The van der Waals surface area contributed by atoms with Crippen LogP contribution < -0.4 is 5.73 Å². The van der Waals surface area contributed by atoms with Gasteiger partial charge in [0.25, 0.3) is 0 Å². The van der Waals surface area contributed by atoms with Gasteiger partial charge < -0.3 is 10.8 Å². The van der Waals surface area contributed by atoms with Crippen molar-refractivity contribution in [2.24, 2.45) is 5.73 Å². The lowest BCUT2D eigenvalue weighted by Gasteiger charge is -2.37. The Kier molecular flexibility index (Phi) is 4.91. The summed E-state index contributed by atoms with van der Waals surface area (Å²) in [7, 11) is 0. The maximum Gasteiger partial charge on any atom is 0.103 e. The second-order valence-electron chi connectivity index (χ2n) is 5.28. The fourth-order valence-corrected chi connectivity index (χ4v) is 2.64. The van der Waals surface area contributed by atoms with Crippen molar-refractivity contribution < 1.29 is 5.11 Å². The predicted molar refractivity (Wildman–Crippen MR) is 82.2 cm³/mol. The van der Waals surface area contributed by atoms with E-state index in [1.807, 2.05) is 6.07 Å². The van der Waals surface area contributed by atoms with Gasteiger partial charge in [0.2, 0.25) is 0 Å². The van der Waals surface area contributed by atoms with Gasteiger partial charge in [0.1, 0.15) is 4.99 Å². The number of hydrogen-bond donors (Lipinski definition) is 2. The summed E-state index contributed by atoms with van der Waals surface area (Å²) in [4.78, 5) is 2.83. The van der Waals surface area contributed by atoms with Crippen LogP contribution in [-0.2, 0) is 6.54 Å². The molecule has 4 heteroatoms. The van der Waals surface area contributed by atoms with Crippen LogP contribution >= 0.6 is 12.2 Å². The molecule has 3 N–H and O–H groups in total. The van der Waals surface area contributed by atoms with E-state index in [0.717, 1.165) is 18.7 Å². The monoisotopic (exact) mass is 278 g/mol. The van der Waals surface area contributed by atoms with Crippen molar-refractivity contribution in [3.8, 4) is 0 Å². The molecule has 2 rings (SSSR count). The number of hydrogen-bond acceptors (Lipinski definition) is 3. The molecule has 0 heterocycles. The summed E-state index contributed by atoms with van der Waals surface area (Å²) < 4.78 is 0. The normalized spacial score (nSPS) is 15.5. The minimum atomic E-state index is 0.223. The van der Waals surface area contributed by atoms with E-state index in [-0.39, 0.29) is 6.61 Å². The van der Waals surface area contributed by atoms with E-state index in [0.29, 0.717) is 11.0 Å². The topological polar surface area (TPSA) is 49.5 Å². The highest BCUT2D eigenvalue weighted by molar-refractivity contribution is 7.80. The van der Waals surface area contributed by atoms with E-state index in [2.05, 4.69) is 24.0 Å². The number of rotatable bonds is 6. The molecule has 1 fully saturated rings. The van der Waals surface area contributed by atoms with Gasteiger partial charge in [-0.25, -0.2) is 0 Å². The quantitative estimate of drug-likeness (QED) is 0.781. The van der Waals surface area contributed by atoms with Crippen molar-refractivity contribution in [1.29, 1.82) is 0 Å². The number of aliphatic hydroxyl groups excluding tert-OH is 1. The van der Waals surface area contributed by atoms with Crippen molar-refractivity contribution in [3.05, 3.63) is 34.9 Å². The molecule has 0 atom stereocenters. The Morgan fingerprint density at radius 1 is 1.47 bits per heavy atom. The molecule has 0 bridgehead atoms. The van der Waals surface area contributed by atoms with E-state index in [1.54, 1.807) is 0 Å². The van der Waals surface area contributed by atoms with Crippen molar-refractivity contribution in [3.63, 3.8) is 0 Å². The second kappa shape index (κ2) is 6.46. The van der Waals surface area contributed by atoms with Crippen LogP contribution in [0.25, 0.3) is 0 Å². The number of benzene rings is 1. The maximum atomic E-state index is 9.19. The average Bonchev–Trinajstić information content (AvgIpc) is 2.29. The molecular weight excluding hydrogens is 256 g/mol. The van der Waals surface area contributed by atoms with Crippen LogP contribution in [0.4, 0.5) is 0 Å². The zero-order valence-corrected chi connectivity index (χ0v) is 12.2. The summed E-state index contributed by atoms with van der Waals surface area (Å²) in [6, 6.07) is 6.78. The van der Waals surface area contributed by atoms with Crippen LogP contribution in [0.3, 0.4) is 0 Å². The average molecular weight is 278 g/mol. The first-order valence-corrected chi connectivity index (χ1v) is 7.27. The molecule has 1 aromatic rings. The minimum absolute atomic E-state index is 0.223. The summed E-state index contributed by atoms with van der Waals surface area (Å²) in [6.45, 7) is 3.96. The summed E-state index contributed by atoms with van der Waals surface area (Å²) in [5, 5.41) is 9.19. The molecule has 0 amide bonds. The van der Waals surface area contributed by atoms with Gasteiger partial charge in [0.15, 0.2) is 0 Å². The van der Waals surface area contributed by atoms with E-state index < -0.39 is 0 Å². The van der Waals surface area contributed by atoms with E-state index in [4.69, 9.17) is 18.0 Å². The van der Waals surface area contributed by atoms with Crippen LogP contribution in [-0.4, -0.2) is 34.2 Å². The first-order valence-electron chi connectivity index (χ1n) is 6.86. The Morgan fingerprint density at radius 3 is 2.68 bits per heavy atom. The molecule has 0 aliphatic heterocycles. The van der Waals surface area contributed by atoms with Crippen LogP contribution in [0.5, 0.6) is 0 Å². The maximum absolute atomic E-state index is 9.19. The van der Waals surface area contributed by atoms with Crippen molar-refractivity contribution in [2.45, 2.75) is 38.8 Å². The highest BCUT2D eigenvalue weighted by Gasteiger charge is 2.24. The van der Waals surface area contributed by atoms with Gasteiger partial charge in [0.05, 0.1) is 6.61 Å². The number of nitrogens with two attached hydrogens (primary N) is 1. The number of aryl methyl sites for hydroxylation is 1. The molecule has 0 aromatic heterocycles. The van der Waals surface area contributed by atoms with Gasteiger partial charge in [-0.2, -0.15) is 0 Å². The van der Waals surface area contributed by atoms with Crippen molar-refractivity contribution in [1.82, 2.24) is 4.90 Å². The number of nitrogens with zero attached hydrogens (tertiary/aromatic N) is 1. The SMILES string of the molecule is Cc1cc(C(N)=S)ccc1CN(CCO)C1CCC1. The zero-order chi connectivity index (χ0) is 13.8. The molecule has 3 nitrogen and oxygen atoms in total. The first-order chi connectivity index (χ1) is 9.11. The lowest BCUT2D eigenvalue weighted by molar-refractivity contribution is 0.0944.